The smallest absolute Gasteiger partial charge is 0.240 e. The zero-order chi connectivity index (χ0) is 14.9. The minimum absolute atomic E-state index is 0. The predicted molar refractivity (Wildman–Crippen MR) is 88.4 cm³/mol. The quantitative estimate of drug-likeness (QED) is 0.901. The molecule has 0 saturated carbocycles. The summed E-state index contributed by atoms with van der Waals surface area (Å²) >= 11 is 0. The lowest BCUT2D eigenvalue weighted by molar-refractivity contribution is 0.0908. The molecule has 1 N–H and O–H groups in total. The van der Waals surface area contributed by atoms with E-state index in [4.69, 9.17) is 4.52 Å². The summed E-state index contributed by atoms with van der Waals surface area (Å²) < 4.78 is 5.39. The fourth-order valence-corrected chi connectivity index (χ4v) is 3.05. The summed E-state index contributed by atoms with van der Waals surface area (Å²) in [5.41, 5.74) is -0.0457. The van der Waals surface area contributed by atoms with Crippen molar-refractivity contribution < 1.29 is 4.52 Å². The maximum Gasteiger partial charge on any atom is 0.240 e. The lowest BCUT2D eigenvalue weighted by Gasteiger charge is -2.37. The molecule has 1 unspecified atom stereocenters. The van der Waals surface area contributed by atoms with Crippen LogP contribution in [0.4, 0.5) is 0 Å². The van der Waals surface area contributed by atoms with Crippen LogP contribution in [0.3, 0.4) is 0 Å². The average Bonchev–Trinajstić information content (AvgIpc) is 3.09. The molecule has 1 aromatic heterocycles. The van der Waals surface area contributed by atoms with Crippen LogP contribution < -0.4 is 5.32 Å². The van der Waals surface area contributed by atoms with Crippen LogP contribution in [0, 0.1) is 0 Å². The molecule has 22 heavy (non-hydrogen) atoms. The van der Waals surface area contributed by atoms with Gasteiger partial charge in [0.05, 0.1) is 6.54 Å². The lowest BCUT2D eigenvalue weighted by Crippen LogP contribution is -2.50. The van der Waals surface area contributed by atoms with Gasteiger partial charge in [0.25, 0.3) is 0 Å². The Morgan fingerprint density at radius 2 is 1.95 bits per heavy atom. The Morgan fingerprint density at radius 3 is 2.50 bits per heavy atom. The van der Waals surface area contributed by atoms with Crippen molar-refractivity contribution in [2.24, 2.45) is 0 Å². The average molecular weight is 330 g/mol. The number of halogens is 1. The van der Waals surface area contributed by atoms with Crippen molar-refractivity contribution >= 4 is 12.4 Å². The summed E-state index contributed by atoms with van der Waals surface area (Å²) in [6.45, 7) is 13.9. The van der Waals surface area contributed by atoms with Gasteiger partial charge in [-0.1, -0.05) is 25.9 Å². The van der Waals surface area contributed by atoms with Gasteiger partial charge < -0.3 is 9.84 Å². The third-order valence-electron chi connectivity index (χ3n) is 4.46. The van der Waals surface area contributed by atoms with Crippen LogP contribution in [-0.4, -0.2) is 65.3 Å². The molecule has 126 valence electrons. The van der Waals surface area contributed by atoms with Crippen LogP contribution in [0.1, 0.15) is 38.9 Å². The van der Waals surface area contributed by atoms with Crippen LogP contribution in [0.25, 0.3) is 0 Å². The van der Waals surface area contributed by atoms with E-state index in [9.17, 15) is 0 Å². The van der Waals surface area contributed by atoms with E-state index in [1.807, 2.05) is 0 Å². The van der Waals surface area contributed by atoms with E-state index in [-0.39, 0.29) is 17.8 Å². The van der Waals surface area contributed by atoms with Gasteiger partial charge in [-0.25, -0.2) is 0 Å². The molecule has 0 radical (unpaired) electrons. The molecule has 0 aliphatic carbocycles. The Kier molecular flexibility index (Phi) is 5.82. The second-order valence-corrected chi connectivity index (χ2v) is 7.22. The highest BCUT2D eigenvalue weighted by atomic mass is 35.5. The van der Waals surface area contributed by atoms with Crippen molar-refractivity contribution in [3.05, 3.63) is 11.7 Å². The molecule has 2 fully saturated rings. The van der Waals surface area contributed by atoms with Crippen LogP contribution in [-0.2, 0) is 12.0 Å². The topological polar surface area (TPSA) is 57.4 Å². The molecule has 6 nitrogen and oxygen atoms in total. The molecule has 3 rings (SSSR count). The molecule has 0 amide bonds. The standard InChI is InChI=1S/C15H27N5O.ClH/c1-15(2,3)14-17-13(21-18-14)11-19-6-8-20(9-7-19)12-4-5-16-10-12;/h12,16H,4-11H2,1-3H3;1H. The first-order valence-corrected chi connectivity index (χ1v) is 8.02. The highest BCUT2D eigenvalue weighted by Crippen LogP contribution is 2.19. The third-order valence-corrected chi connectivity index (χ3v) is 4.46. The van der Waals surface area contributed by atoms with Crippen molar-refractivity contribution in [2.45, 2.75) is 45.2 Å². The van der Waals surface area contributed by atoms with Crippen LogP contribution in [0.2, 0.25) is 0 Å². The highest BCUT2D eigenvalue weighted by molar-refractivity contribution is 5.85. The van der Waals surface area contributed by atoms with Gasteiger partial charge in [-0.2, -0.15) is 4.98 Å². The molecule has 0 bridgehead atoms. The Morgan fingerprint density at radius 1 is 1.23 bits per heavy atom. The van der Waals surface area contributed by atoms with Gasteiger partial charge in [-0.05, 0) is 13.0 Å². The number of nitrogens with zero attached hydrogens (tertiary/aromatic N) is 4. The van der Waals surface area contributed by atoms with Crippen LogP contribution in [0.15, 0.2) is 4.52 Å². The van der Waals surface area contributed by atoms with Crippen LogP contribution >= 0.6 is 12.4 Å². The number of hydrogen-bond acceptors (Lipinski definition) is 6. The predicted octanol–water partition coefficient (Wildman–Crippen LogP) is 1.27. The fourth-order valence-electron chi connectivity index (χ4n) is 3.05. The zero-order valence-electron chi connectivity index (χ0n) is 13.8. The lowest BCUT2D eigenvalue weighted by atomic mass is 9.96. The molecular weight excluding hydrogens is 302 g/mol. The molecule has 2 saturated heterocycles. The summed E-state index contributed by atoms with van der Waals surface area (Å²) in [5.74, 6) is 1.55. The summed E-state index contributed by atoms with van der Waals surface area (Å²) in [6.07, 6.45) is 1.29. The maximum atomic E-state index is 5.39. The third kappa shape index (κ3) is 4.19. The van der Waals surface area contributed by atoms with Crippen molar-refractivity contribution in [3.8, 4) is 0 Å². The minimum atomic E-state index is -0.0457. The summed E-state index contributed by atoms with van der Waals surface area (Å²) in [4.78, 5) is 9.56. The van der Waals surface area contributed by atoms with Crippen molar-refractivity contribution in [2.75, 3.05) is 39.3 Å². The van der Waals surface area contributed by atoms with Gasteiger partial charge >= 0.3 is 0 Å². The molecule has 2 aliphatic heterocycles. The second kappa shape index (κ2) is 7.25. The molecule has 0 spiro atoms. The van der Waals surface area contributed by atoms with E-state index >= 15 is 0 Å². The Hall–Kier alpha value is -0.690. The fraction of sp³-hybridized carbons (Fsp3) is 0.867. The van der Waals surface area contributed by atoms with E-state index in [2.05, 4.69) is 46.0 Å². The highest BCUT2D eigenvalue weighted by Gasteiger charge is 2.27. The zero-order valence-corrected chi connectivity index (χ0v) is 14.7. The minimum Gasteiger partial charge on any atom is -0.338 e. The van der Waals surface area contributed by atoms with Crippen molar-refractivity contribution in [3.63, 3.8) is 0 Å². The first-order valence-electron chi connectivity index (χ1n) is 8.02. The SMILES string of the molecule is CC(C)(C)c1noc(CN2CCN(C3CCNC3)CC2)n1.Cl. The number of nitrogens with one attached hydrogen (secondary N) is 1. The van der Waals surface area contributed by atoms with Gasteiger partial charge in [0.1, 0.15) is 0 Å². The van der Waals surface area contributed by atoms with Crippen molar-refractivity contribution in [1.29, 1.82) is 0 Å². The summed E-state index contributed by atoms with van der Waals surface area (Å²) in [7, 11) is 0. The Balaban J connectivity index is 0.00000176. The molecule has 0 aromatic carbocycles. The number of rotatable bonds is 3. The van der Waals surface area contributed by atoms with Gasteiger partial charge in [-0.3, -0.25) is 9.80 Å². The summed E-state index contributed by atoms with van der Waals surface area (Å²) in [6, 6.07) is 0.739. The van der Waals surface area contributed by atoms with Gasteiger partial charge in [0.2, 0.25) is 5.89 Å². The van der Waals surface area contributed by atoms with E-state index in [1.165, 1.54) is 13.0 Å². The number of hydrogen-bond donors (Lipinski definition) is 1. The van der Waals surface area contributed by atoms with E-state index in [0.717, 1.165) is 57.0 Å². The number of piperazine rings is 1. The largest absolute Gasteiger partial charge is 0.338 e. The van der Waals surface area contributed by atoms with Gasteiger partial charge in [0, 0.05) is 44.2 Å². The van der Waals surface area contributed by atoms with E-state index in [0.29, 0.717) is 0 Å². The number of aromatic nitrogens is 2. The van der Waals surface area contributed by atoms with E-state index in [1.54, 1.807) is 0 Å². The van der Waals surface area contributed by atoms with Gasteiger partial charge in [-0.15, -0.1) is 12.4 Å². The Bertz CT molecular complexity index is 459. The Labute approximate surface area is 139 Å². The first kappa shape index (κ1) is 17.7. The normalized spacial score (nSPS) is 24.4. The second-order valence-electron chi connectivity index (χ2n) is 7.22. The van der Waals surface area contributed by atoms with Crippen LogP contribution in [0.5, 0.6) is 0 Å². The maximum absolute atomic E-state index is 5.39. The summed E-state index contributed by atoms with van der Waals surface area (Å²) in [5, 5.41) is 7.55. The van der Waals surface area contributed by atoms with Gasteiger partial charge in [0.15, 0.2) is 5.82 Å². The molecule has 7 heteroatoms. The monoisotopic (exact) mass is 329 g/mol. The first-order chi connectivity index (χ1) is 10.0. The van der Waals surface area contributed by atoms with E-state index < -0.39 is 0 Å². The molecule has 1 aromatic rings. The molecule has 1 atom stereocenters. The van der Waals surface area contributed by atoms with Crippen molar-refractivity contribution in [1.82, 2.24) is 25.3 Å². The molecule has 3 heterocycles. The molecule has 2 aliphatic rings. The molecular formula is C15H28ClN5O.